The van der Waals surface area contributed by atoms with E-state index in [-0.39, 0.29) is 17.3 Å². The van der Waals surface area contributed by atoms with Crippen molar-refractivity contribution in [1.82, 2.24) is 0 Å². The van der Waals surface area contributed by atoms with Crippen molar-refractivity contribution in [2.45, 2.75) is 13.8 Å². The molecular weight excluding hydrogens is 468 g/mol. The maximum absolute atomic E-state index is 13.0. The van der Waals surface area contributed by atoms with E-state index in [9.17, 15) is 16.8 Å². The quantitative estimate of drug-likeness (QED) is 0.335. The van der Waals surface area contributed by atoms with Gasteiger partial charge in [0, 0.05) is 11.4 Å². The molecule has 4 rings (SSSR count). The number of sulfone groups is 2. The van der Waals surface area contributed by atoms with Crippen LogP contribution in [0, 0.1) is 0 Å². The first-order valence-corrected chi connectivity index (χ1v) is 14.3. The standard InChI is InChI=1S/C26H26N2O4S2/c1-3-33(29,30)26(34(31,32)4-2)25(27-23-15-13-19-9-5-7-11-21(19)17-23)28-24-16-14-20-10-6-8-12-22(20)18-24/h5-18,27-28H,3-4H2,1-2H3. The maximum Gasteiger partial charge on any atom is 0.199 e. The van der Waals surface area contributed by atoms with E-state index in [0.29, 0.717) is 11.4 Å². The van der Waals surface area contributed by atoms with E-state index in [4.69, 9.17) is 0 Å². The Morgan fingerprint density at radius 3 is 1.35 bits per heavy atom. The summed E-state index contributed by atoms with van der Waals surface area (Å²) < 4.78 is 51.5. The molecule has 0 aliphatic rings. The highest BCUT2D eigenvalue weighted by molar-refractivity contribution is 8.14. The van der Waals surface area contributed by atoms with E-state index >= 15 is 0 Å². The van der Waals surface area contributed by atoms with Crippen LogP contribution in [0.2, 0.25) is 0 Å². The van der Waals surface area contributed by atoms with Crippen molar-refractivity contribution in [1.29, 1.82) is 0 Å². The van der Waals surface area contributed by atoms with Gasteiger partial charge in [-0.3, -0.25) is 0 Å². The largest absolute Gasteiger partial charge is 0.340 e. The molecule has 0 bridgehead atoms. The van der Waals surface area contributed by atoms with Crippen molar-refractivity contribution in [2.24, 2.45) is 0 Å². The van der Waals surface area contributed by atoms with Gasteiger partial charge in [0.05, 0.1) is 11.5 Å². The minimum absolute atomic E-state index is 0.0886. The molecule has 0 saturated carbocycles. The molecule has 176 valence electrons. The number of benzene rings is 4. The first-order valence-electron chi connectivity index (χ1n) is 10.9. The number of rotatable bonds is 8. The predicted molar refractivity (Wildman–Crippen MR) is 141 cm³/mol. The SMILES string of the molecule is CCS(=O)(=O)C(=C(Nc1ccc2ccccc2c1)Nc1ccc2ccccc2c1)S(=O)(=O)CC. The second kappa shape index (κ2) is 9.48. The summed E-state index contributed by atoms with van der Waals surface area (Å²) in [7, 11) is -8.18. The molecule has 0 aliphatic carbocycles. The van der Waals surface area contributed by atoms with E-state index in [1.54, 1.807) is 12.1 Å². The van der Waals surface area contributed by atoms with Crippen LogP contribution in [-0.2, 0) is 19.7 Å². The Morgan fingerprint density at radius 2 is 0.971 bits per heavy atom. The summed E-state index contributed by atoms with van der Waals surface area (Å²) >= 11 is 0. The van der Waals surface area contributed by atoms with Gasteiger partial charge >= 0.3 is 0 Å². The zero-order valence-corrected chi connectivity index (χ0v) is 20.6. The molecule has 0 amide bonds. The Morgan fingerprint density at radius 1 is 0.588 bits per heavy atom. The Hall–Kier alpha value is -3.36. The third kappa shape index (κ3) is 4.93. The van der Waals surface area contributed by atoms with Crippen LogP contribution in [0.1, 0.15) is 13.8 Å². The van der Waals surface area contributed by atoms with E-state index in [2.05, 4.69) is 10.6 Å². The topological polar surface area (TPSA) is 92.3 Å². The number of fused-ring (bicyclic) bond motifs is 2. The molecule has 34 heavy (non-hydrogen) atoms. The Balaban J connectivity index is 1.89. The van der Waals surface area contributed by atoms with Gasteiger partial charge in [-0.1, -0.05) is 74.5 Å². The van der Waals surface area contributed by atoms with Crippen molar-refractivity contribution in [3.63, 3.8) is 0 Å². The van der Waals surface area contributed by atoms with Gasteiger partial charge in [0.2, 0.25) is 0 Å². The summed E-state index contributed by atoms with van der Waals surface area (Å²) in [5.74, 6) is -0.775. The van der Waals surface area contributed by atoms with Crippen LogP contribution < -0.4 is 10.6 Å². The lowest BCUT2D eigenvalue weighted by Crippen LogP contribution is -2.25. The fraction of sp³-hybridized carbons (Fsp3) is 0.154. The second-order valence-corrected chi connectivity index (χ2v) is 12.5. The van der Waals surface area contributed by atoms with E-state index < -0.39 is 23.9 Å². The highest BCUT2D eigenvalue weighted by Crippen LogP contribution is 2.28. The highest BCUT2D eigenvalue weighted by atomic mass is 32.3. The van der Waals surface area contributed by atoms with Gasteiger partial charge in [-0.2, -0.15) is 0 Å². The summed E-state index contributed by atoms with van der Waals surface area (Å²) in [6, 6.07) is 26.6. The van der Waals surface area contributed by atoms with Crippen molar-refractivity contribution >= 4 is 52.6 Å². The van der Waals surface area contributed by atoms with Crippen LogP contribution in [0.15, 0.2) is 95.0 Å². The average molecular weight is 495 g/mol. The third-order valence-corrected chi connectivity index (χ3v) is 10.1. The van der Waals surface area contributed by atoms with Crippen molar-refractivity contribution < 1.29 is 16.8 Å². The van der Waals surface area contributed by atoms with Crippen LogP contribution >= 0.6 is 0 Å². The summed E-state index contributed by atoms with van der Waals surface area (Å²) in [5, 5.41) is 10.0. The van der Waals surface area contributed by atoms with Gasteiger partial charge in [0.15, 0.2) is 23.9 Å². The minimum Gasteiger partial charge on any atom is -0.340 e. The fourth-order valence-electron chi connectivity index (χ4n) is 3.72. The normalized spacial score (nSPS) is 11.9. The van der Waals surface area contributed by atoms with Gasteiger partial charge < -0.3 is 10.6 Å². The number of nitrogens with one attached hydrogen (secondary N) is 2. The molecule has 0 aromatic heterocycles. The zero-order chi connectivity index (χ0) is 24.3. The van der Waals surface area contributed by atoms with Gasteiger partial charge in [0.25, 0.3) is 0 Å². The minimum atomic E-state index is -4.09. The maximum atomic E-state index is 13.0. The molecule has 0 atom stereocenters. The first-order chi connectivity index (χ1) is 16.2. The Labute approximate surface area is 200 Å². The number of anilines is 2. The van der Waals surface area contributed by atoms with Crippen LogP contribution in [0.4, 0.5) is 11.4 Å². The molecule has 0 aliphatic heterocycles. The fourth-order valence-corrected chi connectivity index (χ4v) is 7.33. The zero-order valence-electron chi connectivity index (χ0n) is 18.9. The molecule has 4 aromatic rings. The summed E-state index contributed by atoms with van der Waals surface area (Å²) in [6.07, 6.45) is 0. The summed E-state index contributed by atoms with van der Waals surface area (Å²) in [4.78, 5) is 0. The molecule has 0 saturated heterocycles. The van der Waals surface area contributed by atoms with Crippen LogP contribution in [-0.4, -0.2) is 28.3 Å². The van der Waals surface area contributed by atoms with Gasteiger partial charge in [0.1, 0.15) is 5.82 Å². The van der Waals surface area contributed by atoms with E-state index in [1.165, 1.54) is 13.8 Å². The first kappa shape index (κ1) is 23.8. The molecular formula is C26H26N2O4S2. The van der Waals surface area contributed by atoms with Gasteiger partial charge in [-0.05, 0) is 45.8 Å². The van der Waals surface area contributed by atoms with Crippen LogP contribution in [0.5, 0.6) is 0 Å². The number of hydrogen-bond acceptors (Lipinski definition) is 6. The Bertz CT molecular complexity index is 1490. The van der Waals surface area contributed by atoms with Gasteiger partial charge in [-0.25, -0.2) is 16.8 Å². The molecule has 0 unspecified atom stereocenters. The summed E-state index contributed by atoms with van der Waals surface area (Å²) in [5.41, 5.74) is 1.13. The third-order valence-electron chi connectivity index (χ3n) is 5.57. The summed E-state index contributed by atoms with van der Waals surface area (Å²) in [6.45, 7) is 2.87. The molecule has 8 heteroatoms. The van der Waals surface area contributed by atoms with Crippen molar-refractivity contribution in [3.8, 4) is 0 Å². The van der Waals surface area contributed by atoms with E-state index in [0.717, 1.165) is 21.5 Å². The molecule has 0 heterocycles. The monoisotopic (exact) mass is 494 g/mol. The molecule has 6 nitrogen and oxygen atoms in total. The lowest BCUT2D eigenvalue weighted by molar-refractivity contribution is 0.596. The average Bonchev–Trinajstić information content (AvgIpc) is 2.83. The molecule has 4 aromatic carbocycles. The number of hydrogen-bond donors (Lipinski definition) is 2. The van der Waals surface area contributed by atoms with Crippen LogP contribution in [0.3, 0.4) is 0 Å². The molecule has 0 spiro atoms. The Kier molecular flexibility index (Phi) is 6.63. The van der Waals surface area contributed by atoms with Crippen molar-refractivity contribution in [3.05, 3.63) is 95.0 Å². The molecule has 0 radical (unpaired) electrons. The lowest BCUT2D eigenvalue weighted by Gasteiger charge is -2.19. The second-order valence-electron chi connectivity index (χ2n) is 7.84. The predicted octanol–water partition coefficient (Wildman–Crippen LogP) is 5.51. The van der Waals surface area contributed by atoms with E-state index in [1.807, 2.05) is 72.8 Å². The smallest absolute Gasteiger partial charge is 0.199 e. The molecule has 0 fully saturated rings. The highest BCUT2D eigenvalue weighted by Gasteiger charge is 2.32. The molecule has 2 N–H and O–H groups in total. The van der Waals surface area contributed by atoms with Gasteiger partial charge in [-0.15, -0.1) is 0 Å². The van der Waals surface area contributed by atoms with Crippen LogP contribution in [0.25, 0.3) is 21.5 Å². The van der Waals surface area contributed by atoms with Crippen molar-refractivity contribution in [2.75, 3.05) is 22.1 Å². The lowest BCUT2D eigenvalue weighted by atomic mass is 10.1.